The maximum absolute atomic E-state index is 12.3. The van der Waals surface area contributed by atoms with Crippen LogP contribution < -0.4 is 0 Å². The van der Waals surface area contributed by atoms with Crippen LogP contribution in [0.2, 0.25) is 0 Å². The van der Waals surface area contributed by atoms with E-state index >= 15 is 0 Å². The number of fused-ring (bicyclic) bond motifs is 1. The number of hydrogen-bond acceptors (Lipinski definition) is 5. The number of carbonyl (C=O) groups excluding carboxylic acids is 2. The van der Waals surface area contributed by atoms with E-state index in [-0.39, 0.29) is 24.5 Å². The Kier molecular flexibility index (Phi) is 4.79. The third kappa shape index (κ3) is 3.24. The van der Waals surface area contributed by atoms with Gasteiger partial charge in [-0.15, -0.1) is 0 Å². The largest absolute Gasteiger partial charge is 0.462 e. The summed E-state index contributed by atoms with van der Waals surface area (Å²) in [6.45, 7) is 3.98. The SMILES string of the molecule is CCOC(=O)c1cnc(C(=O)OCC)c(-c2cccc3[nH]ccc23)c1. The van der Waals surface area contributed by atoms with Crippen molar-refractivity contribution >= 4 is 22.8 Å². The lowest BCUT2D eigenvalue weighted by atomic mass is 9.98. The first-order chi connectivity index (χ1) is 12.2. The van der Waals surface area contributed by atoms with Crippen LogP contribution in [0.5, 0.6) is 0 Å². The van der Waals surface area contributed by atoms with Crippen LogP contribution in [0.15, 0.2) is 42.7 Å². The zero-order valence-corrected chi connectivity index (χ0v) is 14.0. The van der Waals surface area contributed by atoms with E-state index in [4.69, 9.17) is 9.47 Å². The molecule has 25 heavy (non-hydrogen) atoms. The minimum Gasteiger partial charge on any atom is -0.462 e. The average Bonchev–Trinajstić information content (AvgIpc) is 3.10. The fraction of sp³-hybridized carbons (Fsp3) is 0.211. The summed E-state index contributed by atoms with van der Waals surface area (Å²) in [5.74, 6) is -1.01. The quantitative estimate of drug-likeness (QED) is 0.719. The van der Waals surface area contributed by atoms with Crippen molar-refractivity contribution in [3.63, 3.8) is 0 Å². The van der Waals surface area contributed by atoms with Gasteiger partial charge in [-0.05, 0) is 37.6 Å². The summed E-state index contributed by atoms with van der Waals surface area (Å²) in [5.41, 5.74) is 2.71. The molecule has 0 radical (unpaired) electrons. The molecule has 2 heterocycles. The Labute approximate surface area is 144 Å². The highest BCUT2D eigenvalue weighted by Crippen LogP contribution is 2.31. The van der Waals surface area contributed by atoms with E-state index in [1.165, 1.54) is 6.20 Å². The van der Waals surface area contributed by atoms with Crippen molar-refractivity contribution in [3.8, 4) is 11.1 Å². The van der Waals surface area contributed by atoms with Crippen LogP contribution in [0.3, 0.4) is 0 Å². The van der Waals surface area contributed by atoms with Gasteiger partial charge in [0.1, 0.15) is 0 Å². The molecule has 128 valence electrons. The summed E-state index contributed by atoms with van der Waals surface area (Å²) in [6.07, 6.45) is 3.16. The van der Waals surface area contributed by atoms with Gasteiger partial charge in [0, 0.05) is 28.9 Å². The maximum Gasteiger partial charge on any atom is 0.357 e. The first-order valence-corrected chi connectivity index (χ1v) is 8.06. The summed E-state index contributed by atoms with van der Waals surface area (Å²) >= 11 is 0. The minimum atomic E-state index is -0.527. The topological polar surface area (TPSA) is 81.3 Å². The number of nitrogens with one attached hydrogen (secondary N) is 1. The summed E-state index contributed by atoms with van der Waals surface area (Å²) in [4.78, 5) is 31.7. The molecular weight excluding hydrogens is 320 g/mol. The molecule has 0 fully saturated rings. The Hall–Kier alpha value is -3.15. The monoisotopic (exact) mass is 338 g/mol. The van der Waals surface area contributed by atoms with Gasteiger partial charge in [-0.25, -0.2) is 14.6 Å². The van der Waals surface area contributed by atoms with Crippen LogP contribution in [-0.2, 0) is 9.47 Å². The Bertz CT molecular complexity index is 930. The number of aromatic amines is 1. The van der Waals surface area contributed by atoms with E-state index in [1.54, 1.807) is 19.9 Å². The van der Waals surface area contributed by atoms with Crippen molar-refractivity contribution in [2.24, 2.45) is 0 Å². The van der Waals surface area contributed by atoms with Gasteiger partial charge in [-0.3, -0.25) is 0 Å². The molecule has 0 spiro atoms. The second kappa shape index (κ2) is 7.17. The molecule has 0 unspecified atom stereocenters. The van der Waals surface area contributed by atoms with Gasteiger partial charge in [-0.1, -0.05) is 12.1 Å². The van der Waals surface area contributed by atoms with Crippen molar-refractivity contribution in [3.05, 3.63) is 54.0 Å². The maximum atomic E-state index is 12.3. The first kappa shape index (κ1) is 16.7. The van der Waals surface area contributed by atoms with Gasteiger partial charge in [-0.2, -0.15) is 0 Å². The Balaban J connectivity index is 2.20. The van der Waals surface area contributed by atoms with Crippen LogP contribution in [0.25, 0.3) is 22.0 Å². The van der Waals surface area contributed by atoms with Crippen molar-refractivity contribution in [2.75, 3.05) is 13.2 Å². The molecule has 0 atom stereocenters. The van der Waals surface area contributed by atoms with Gasteiger partial charge in [0.05, 0.1) is 18.8 Å². The number of nitrogens with zero attached hydrogens (tertiary/aromatic N) is 1. The van der Waals surface area contributed by atoms with Crippen LogP contribution in [-0.4, -0.2) is 35.1 Å². The highest BCUT2D eigenvalue weighted by Gasteiger charge is 2.20. The lowest BCUT2D eigenvalue weighted by Crippen LogP contribution is -2.12. The van der Waals surface area contributed by atoms with E-state index in [2.05, 4.69) is 9.97 Å². The number of esters is 2. The molecule has 3 aromatic rings. The van der Waals surface area contributed by atoms with E-state index < -0.39 is 11.9 Å². The summed E-state index contributed by atoms with van der Waals surface area (Å²) in [5, 5.41) is 0.927. The summed E-state index contributed by atoms with van der Waals surface area (Å²) in [6, 6.07) is 9.23. The summed E-state index contributed by atoms with van der Waals surface area (Å²) < 4.78 is 10.1. The van der Waals surface area contributed by atoms with Crippen molar-refractivity contribution in [1.29, 1.82) is 0 Å². The highest BCUT2D eigenvalue weighted by molar-refractivity contribution is 6.04. The molecule has 1 aromatic carbocycles. The second-order valence-electron chi connectivity index (χ2n) is 5.31. The van der Waals surface area contributed by atoms with Crippen LogP contribution in [0.1, 0.15) is 34.7 Å². The number of ether oxygens (including phenoxy) is 2. The number of hydrogen-bond donors (Lipinski definition) is 1. The number of pyridine rings is 1. The van der Waals surface area contributed by atoms with Crippen molar-refractivity contribution in [1.82, 2.24) is 9.97 Å². The van der Waals surface area contributed by atoms with E-state index in [0.717, 1.165) is 16.5 Å². The number of H-pyrrole nitrogens is 1. The van der Waals surface area contributed by atoms with Crippen LogP contribution in [0.4, 0.5) is 0 Å². The smallest absolute Gasteiger partial charge is 0.357 e. The molecule has 0 aliphatic carbocycles. The summed E-state index contributed by atoms with van der Waals surface area (Å²) in [7, 11) is 0. The molecule has 1 N–H and O–H groups in total. The zero-order valence-electron chi connectivity index (χ0n) is 14.0. The Morgan fingerprint density at radius 1 is 1.04 bits per heavy atom. The molecule has 0 bridgehead atoms. The molecule has 6 nitrogen and oxygen atoms in total. The molecule has 0 saturated heterocycles. The molecule has 0 aliphatic rings. The molecule has 0 aliphatic heterocycles. The normalized spacial score (nSPS) is 10.6. The van der Waals surface area contributed by atoms with Crippen molar-refractivity contribution in [2.45, 2.75) is 13.8 Å². The lowest BCUT2D eigenvalue weighted by Gasteiger charge is -2.11. The molecule has 0 saturated carbocycles. The fourth-order valence-electron chi connectivity index (χ4n) is 2.68. The number of benzene rings is 1. The van der Waals surface area contributed by atoms with Gasteiger partial charge in [0.25, 0.3) is 0 Å². The van der Waals surface area contributed by atoms with Gasteiger partial charge in [0.15, 0.2) is 5.69 Å². The fourth-order valence-corrected chi connectivity index (χ4v) is 2.68. The third-order valence-corrected chi connectivity index (χ3v) is 3.75. The molecule has 0 amide bonds. The number of carbonyl (C=O) groups is 2. The van der Waals surface area contributed by atoms with Crippen LogP contribution >= 0.6 is 0 Å². The van der Waals surface area contributed by atoms with Crippen LogP contribution in [0, 0.1) is 0 Å². The number of rotatable bonds is 5. The molecule has 2 aromatic heterocycles. The minimum absolute atomic E-state index is 0.170. The number of aromatic nitrogens is 2. The zero-order chi connectivity index (χ0) is 17.8. The Morgan fingerprint density at radius 3 is 2.56 bits per heavy atom. The van der Waals surface area contributed by atoms with E-state index in [9.17, 15) is 9.59 Å². The van der Waals surface area contributed by atoms with Crippen molar-refractivity contribution < 1.29 is 19.1 Å². The van der Waals surface area contributed by atoms with Gasteiger partial charge < -0.3 is 14.5 Å². The van der Waals surface area contributed by atoms with E-state index in [0.29, 0.717) is 5.56 Å². The van der Waals surface area contributed by atoms with Gasteiger partial charge in [0.2, 0.25) is 0 Å². The molecular formula is C19H18N2O4. The standard InChI is InChI=1S/C19H18N2O4/c1-3-24-18(22)12-10-15(17(21-11-12)19(23)25-4-2)13-6-5-7-16-14(13)8-9-20-16/h5-11,20H,3-4H2,1-2H3. The first-order valence-electron chi connectivity index (χ1n) is 8.06. The molecule has 3 rings (SSSR count). The average molecular weight is 338 g/mol. The second-order valence-corrected chi connectivity index (χ2v) is 5.31. The molecule has 6 heteroatoms. The van der Waals surface area contributed by atoms with E-state index in [1.807, 2.05) is 30.5 Å². The predicted octanol–water partition coefficient (Wildman–Crippen LogP) is 3.58. The highest BCUT2D eigenvalue weighted by atomic mass is 16.5. The predicted molar refractivity (Wildman–Crippen MR) is 93.4 cm³/mol. The Morgan fingerprint density at radius 2 is 1.80 bits per heavy atom. The van der Waals surface area contributed by atoms with Gasteiger partial charge >= 0.3 is 11.9 Å². The third-order valence-electron chi connectivity index (χ3n) is 3.75. The lowest BCUT2D eigenvalue weighted by molar-refractivity contribution is 0.0506.